The summed E-state index contributed by atoms with van der Waals surface area (Å²) in [6.45, 7) is 0. The van der Waals surface area contributed by atoms with E-state index in [-0.39, 0.29) is 5.17 Å². The van der Waals surface area contributed by atoms with Crippen LogP contribution in [0, 0.1) is 0 Å². The maximum absolute atomic E-state index is 8.44. The Morgan fingerprint density at radius 1 is 0.487 bits per heavy atom. The van der Waals surface area contributed by atoms with Gasteiger partial charge < -0.3 is 0 Å². The number of benzene rings is 5. The zero-order chi connectivity index (χ0) is 27.3. The zero-order valence-corrected chi connectivity index (χ0v) is 24.7. The molecule has 0 amide bonds. The summed E-state index contributed by atoms with van der Waals surface area (Å²) in [4.78, 5) is 5.14. The van der Waals surface area contributed by atoms with E-state index in [1.54, 1.807) is 12.1 Å². The Balaban J connectivity index is 2.01. The molecule has 194 valence electrons. The van der Waals surface area contributed by atoms with E-state index in [1.807, 2.05) is 133 Å². The third-order valence-electron chi connectivity index (χ3n) is 6.63. The van der Waals surface area contributed by atoms with Crippen LogP contribution < -0.4 is 15.9 Å². The van der Waals surface area contributed by atoms with Crippen molar-refractivity contribution in [1.82, 2.24) is 0 Å². The van der Waals surface area contributed by atoms with Gasteiger partial charge in [0.2, 0.25) is 0 Å². The second-order valence-corrected chi connectivity index (χ2v) is 16.1. The number of rotatable bonds is 7. The molecule has 0 unspecified atom stereocenters. The molecule has 0 saturated carbocycles. The first-order valence-electron chi connectivity index (χ1n) is 12.3. The second kappa shape index (κ2) is 11.7. The molecule has 0 atom stereocenters. The topological polar surface area (TPSA) is 12.4 Å². The van der Waals surface area contributed by atoms with E-state index >= 15 is 0 Å². The predicted molar refractivity (Wildman–Crippen MR) is 174 cm³/mol. The Morgan fingerprint density at radius 2 is 0.872 bits per heavy atom. The van der Waals surface area contributed by atoms with Crippen LogP contribution in [0.4, 0.5) is 0 Å². The predicted octanol–water partition coefficient (Wildman–Crippen LogP) is 9.57. The van der Waals surface area contributed by atoms with Gasteiger partial charge in [0.15, 0.2) is 0 Å². The number of aliphatic imine (C=N–C) groups is 1. The minimum atomic E-state index is -4.13. The van der Waals surface area contributed by atoms with Gasteiger partial charge in [-0.3, -0.25) is 0 Å². The fourth-order valence-corrected chi connectivity index (χ4v) is 11.9. The van der Waals surface area contributed by atoms with Crippen molar-refractivity contribution < 1.29 is 0 Å². The SMILES string of the molecule is Cl/C(=N\C(=C(/Cl)c1ccc(Cl)cc1)P(Cl)(c1ccccc1)(c1ccccc1)c1ccccc1)c1ccccc1. The molecule has 39 heavy (non-hydrogen) atoms. The van der Waals surface area contributed by atoms with Gasteiger partial charge in [0.1, 0.15) is 0 Å². The molecule has 0 aliphatic carbocycles. The van der Waals surface area contributed by atoms with Crippen molar-refractivity contribution in [1.29, 1.82) is 0 Å². The van der Waals surface area contributed by atoms with Gasteiger partial charge in [-0.05, 0) is 0 Å². The number of hydrogen-bond donors (Lipinski definition) is 0. The average Bonchev–Trinajstić information content (AvgIpc) is 3.01. The van der Waals surface area contributed by atoms with E-state index < -0.39 is 5.96 Å². The fraction of sp³-hybridized carbons (Fsp3) is 0. The number of nitrogens with zero attached hydrogens (tertiary/aromatic N) is 1. The van der Waals surface area contributed by atoms with Gasteiger partial charge in [0.05, 0.1) is 0 Å². The number of hydrogen-bond acceptors (Lipinski definition) is 1. The Labute approximate surface area is 249 Å². The van der Waals surface area contributed by atoms with Gasteiger partial charge in [-0.1, -0.05) is 0 Å². The molecule has 0 aliphatic heterocycles. The first-order chi connectivity index (χ1) is 18.9. The van der Waals surface area contributed by atoms with Crippen LogP contribution in [0.2, 0.25) is 5.02 Å². The third kappa shape index (κ3) is 5.07. The standard InChI is InChI=1S/C33H24Cl4NP/c34-27-23-21-25(22-24-27)31(35)33(38-32(36)26-13-5-1-6-14-26)39(37,28-15-7-2-8-16-28,29-17-9-3-10-18-29)30-19-11-4-12-20-30/h1-24H/b33-31+,38-32-. The summed E-state index contributed by atoms with van der Waals surface area (Å²) in [7, 11) is 0. The van der Waals surface area contributed by atoms with Gasteiger partial charge in [0, 0.05) is 0 Å². The molecule has 0 fully saturated rings. The van der Waals surface area contributed by atoms with Gasteiger partial charge in [-0.15, -0.1) is 0 Å². The van der Waals surface area contributed by atoms with Gasteiger partial charge in [-0.25, -0.2) is 0 Å². The average molecular weight is 607 g/mol. The molecule has 0 N–H and O–H groups in total. The summed E-state index contributed by atoms with van der Waals surface area (Å²) >= 11 is 29.1. The zero-order valence-electron chi connectivity index (χ0n) is 20.8. The van der Waals surface area contributed by atoms with Crippen LogP contribution >= 0.6 is 52.0 Å². The van der Waals surface area contributed by atoms with Crippen LogP contribution in [0.1, 0.15) is 11.1 Å². The fourth-order valence-electron chi connectivity index (χ4n) is 4.72. The molecule has 0 saturated heterocycles. The van der Waals surface area contributed by atoms with Gasteiger partial charge in [0.25, 0.3) is 0 Å². The van der Waals surface area contributed by atoms with Gasteiger partial charge >= 0.3 is 250 Å². The molecule has 0 radical (unpaired) electrons. The van der Waals surface area contributed by atoms with E-state index in [0.717, 1.165) is 27.0 Å². The molecule has 5 aromatic carbocycles. The Morgan fingerprint density at radius 3 is 1.28 bits per heavy atom. The van der Waals surface area contributed by atoms with E-state index in [4.69, 9.17) is 51.0 Å². The van der Waals surface area contributed by atoms with Crippen LogP contribution in [0.3, 0.4) is 0 Å². The molecule has 1 nitrogen and oxygen atoms in total. The molecule has 0 bridgehead atoms. The molecule has 6 heteroatoms. The first kappa shape index (κ1) is 27.7. The summed E-state index contributed by atoms with van der Waals surface area (Å²) in [6.07, 6.45) is 0. The van der Waals surface area contributed by atoms with Gasteiger partial charge in [-0.2, -0.15) is 0 Å². The summed E-state index contributed by atoms with van der Waals surface area (Å²) in [5, 5.41) is 3.97. The molecule has 5 aromatic rings. The van der Waals surface area contributed by atoms with Crippen molar-refractivity contribution in [2.45, 2.75) is 0 Å². The van der Waals surface area contributed by atoms with Crippen LogP contribution in [0.5, 0.6) is 0 Å². The molecule has 0 aliphatic rings. The Hall–Kier alpha value is -2.90. The van der Waals surface area contributed by atoms with Crippen molar-refractivity contribution in [3.05, 3.63) is 167 Å². The summed E-state index contributed by atoms with van der Waals surface area (Å²) < 4.78 is 0. The third-order valence-corrected chi connectivity index (χ3v) is 14.9. The molecular weight excluding hydrogens is 583 g/mol. The van der Waals surface area contributed by atoms with E-state index in [1.165, 1.54) is 0 Å². The summed E-state index contributed by atoms with van der Waals surface area (Å²) in [5.41, 5.74) is 1.98. The van der Waals surface area contributed by atoms with Crippen LogP contribution in [0.15, 0.2) is 156 Å². The van der Waals surface area contributed by atoms with Crippen LogP contribution in [0.25, 0.3) is 5.03 Å². The molecular formula is C33H24Cl4NP. The quantitative estimate of drug-likeness (QED) is 0.129. The first-order valence-corrected chi connectivity index (χ1v) is 16.6. The minimum absolute atomic E-state index is 0.287. The molecule has 0 spiro atoms. The van der Waals surface area contributed by atoms with Crippen molar-refractivity contribution in [2.24, 2.45) is 4.99 Å². The van der Waals surface area contributed by atoms with E-state index in [9.17, 15) is 0 Å². The number of halogens is 4. The normalized spacial score (nSPS) is 13.7. The summed E-state index contributed by atoms with van der Waals surface area (Å²) in [5.74, 6) is -4.13. The van der Waals surface area contributed by atoms with Crippen LogP contribution in [-0.2, 0) is 0 Å². The van der Waals surface area contributed by atoms with Crippen molar-refractivity contribution in [3.8, 4) is 0 Å². The maximum atomic E-state index is 8.44. The van der Waals surface area contributed by atoms with E-state index in [2.05, 4.69) is 0 Å². The van der Waals surface area contributed by atoms with Crippen molar-refractivity contribution in [3.63, 3.8) is 0 Å². The summed E-state index contributed by atoms with van der Waals surface area (Å²) in [6, 6.07) is 47.1. The monoisotopic (exact) mass is 605 g/mol. The Kier molecular flexibility index (Phi) is 8.29. The van der Waals surface area contributed by atoms with E-state index in [0.29, 0.717) is 15.5 Å². The Bertz CT molecular complexity index is 1520. The second-order valence-electron chi connectivity index (χ2n) is 8.93. The molecule has 0 aromatic heterocycles. The van der Waals surface area contributed by atoms with Crippen molar-refractivity contribution >= 4 is 78.1 Å². The molecule has 0 heterocycles. The van der Waals surface area contributed by atoms with Crippen LogP contribution in [-0.4, -0.2) is 5.17 Å². The molecule has 5 rings (SSSR count). The van der Waals surface area contributed by atoms with Crippen molar-refractivity contribution in [2.75, 3.05) is 0 Å².